The standard InChI is InChI=1S/C34H28N2O4/c1-35(2)23-17-13-21(14-18-23)33(29(37)25-9-5-6-10-26(25)30(33)38)34(22-15-19-24(20-16-22)36(3)4)31(39)27-11-7-8-12-28(27)32(34)40/h5-20H,1-4H3. The minimum absolute atomic E-state index is 0.213. The summed E-state index contributed by atoms with van der Waals surface area (Å²) in [5.74, 6) is -2.18. The highest BCUT2D eigenvalue weighted by Gasteiger charge is 2.75. The predicted octanol–water partition coefficient (Wildman–Crippen LogP) is 5.15. The van der Waals surface area contributed by atoms with Crippen molar-refractivity contribution >= 4 is 34.5 Å². The number of carbonyl (C=O) groups excluding carboxylic acids is 4. The van der Waals surface area contributed by atoms with E-state index in [0.29, 0.717) is 11.1 Å². The summed E-state index contributed by atoms with van der Waals surface area (Å²) in [6.07, 6.45) is 0. The van der Waals surface area contributed by atoms with Crippen LogP contribution in [0.2, 0.25) is 0 Å². The van der Waals surface area contributed by atoms with Crippen molar-refractivity contribution in [3.8, 4) is 0 Å². The summed E-state index contributed by atoms with van der Waals surface area (Å²) >= 11 is 0. The molecule has 0 aliphatic heterocycles. The molecule has 40 heavy (non-hydrogen) atoms. The van der Waals surface area contributed by atoms with Crippen molar-refractivity contribution in [3.63, 3.8) is 0 Å². The van der Waals surface area contributed by atoms with Gasteiger partial charge in [-0.2, -0.15) is 0 Å². The lowest BCUT2D eigenvalue weighted by atomic mass is 9.52. The molecule has 6 nitrogen and oxygen atoms in total. The first-order valence-corrected chi connectivity index (χ1v) is 13.1. The number of ketones is 4. The van der Waals surface area contributed by atoms with E-state index < -0.39 is 34.0 Å². The molecule has 6 rings (SSSR count). The van der Waals surface area contributed by atoms with Crippen molar-refractivity contribution in [1.29, 1.82) is 0 Å². The molecule has 2 aliphatic rings. The number of hydrogen-bond donors (Lipinski definition) is 0. The lowest BCUT2D eigenvalue weighted by Crippen LogP contribution is -2.62. The normalized spacial score (nSPS) is 16.6. The number of carbonyl (C=O) groups is 4. The Labute approximate surface area is 232 Å². The molecule has 0 saturated carbocycles. The van der Waals surface area contributed by atoms with Gasteiger partial charge < -0.3 is 9.80 Å². The third kappa shape index (κ3) is 3.04. The van der Waals surface area contributed by atoms with E-state index in [9.17, 15) is 19.2 Å². The number of nitrogens with zero attached hydrogens (tertiary/aromatic N) is 2. The minimum Gasteiger partial charge on any atom is -0.378 e. The van der Waals surface area contributed by atoms with E-state index in [1.807, 2.05) is 38.0 Å². The Balaban J connectivity index is 1.76. The smallest absolute Gasteiger partial charge is 0.183 e. The van der Waals surface area contributed by atoms with Crippen molar-refractivity contribution in [3.05, 3.63) is 130 Å². The molecule has 2 aliphatic carbocycles. The summed E-state index contributed by atoms with van der Waals surface area (Å²) in [5, 5.41) is 0. The number of anilines is 2. The number of Topliss-reactive ketones (excluding diaryl/α,β-unsaturated/α-hetero) is 4. The molecule has 0 bridgehead atoms. The third-order valence-corrected chi connectivity index (χ3v) is 8.39. The summed E-state index contributed by atoms with van der Waals surface area (Å²) in [6.45, 7) is 0. The monoisotopic (exact) mass is 528 g/mol. The number of rotatable bonds is 5. The first-order chi connectivity index (χ1) is 19.2. The van der Waals surface area contributed by atoms with Crippen LogP contribution in [-0.4, -0.2) is 51.3 Å². The fourth-order valence-corrected chi connectivity index (χ4v) is 6.43. The zero-order valence-electron chi connectivity index (χ0n) is 22.8. The van der Waals surface area contributed by atoms with Gasteiger partial charge in [-0.15, -0.1) is 0 Å². The number of hydrogen-bond acceptors (Lipinski definition) is 6. The highest BCUT2D eigenvalue weighted by molar-refractivity contribution is 6.45. The molecule has 4 aromatic carbocycles. The first-order valence-electron chi connectivity index (χ1n) is 13.1. The highest BCUT2D eigenvalue weighted by atomic mass is 16.2. The van der Waals surface area contributed by atoms with E-state index in [1.54, 1.807) is 97.1 Å². The topological polar surface area (TPSA) is 74.8 Å². The van der Waals surface area contributed by atoms with Crippen LogP contribution in [0.25, 0.3) is 0 Å². The van der Waals surface area contributed by atoms with Crippen LogP contribution in [0.4, 0.5) is 11.4 Å². The Morgan fingerprint density at radius 2 is 0.650 bits per heavy atom. The molecule has 0 amide bonds. The molecule has 198 valence electrons. The minimum atomic E-state index is -2.13. The Hall–Kier alpha value is -4.84. The summed E-state index contributed by atoms with van der Waals surface area (Å²) in [5.41, 5.74) is -1.07. The second-order valence-electron chi connectivity index (χ2n) is 10.8. The maximum absolute atomic E-state index is 14.8. The van der Waals surface area contributed by atoms with Gasteiger partial charge in [-0.25, -0.2) is 0 Å². The first kappa shape index (κ1) is 25.4. The van der Waals surface area contributed by atoms with Crippen LogP contribution >= 0.6 is 0 Å². The van der Waals surface area contributed by atoms with Gasteiger partial charge in [0, 0.05) is 61.8 Å². The van der Waals surface area contributed by atoms with Gasteiger partial charge in [0.2, 0.25) is 0 Å². The summed E-state index contributed by atoms with van der Waals surface area (Å²) in [6, 6.07) is 27.2. The molecule has 0 fully saturated rings. The molecule has 0 aromatic heterocycles. The van der Waals surface area contributed by atoms with E-state index in [1.165, 1.54) is 0 Å². The zero-order chi connectivity index (χ0) is 28.4. The number of fused-ring (bicyclic) bond motifs is 2. The van der Waals surface area contributed by atoms with Gasteiger partial charge in [0.15, 0.2) is 23.1 Å². The van der Waals surface area contributed by atoms with Gasteiger partial charge in [-0.1, -0.05) is 72.8 Å². The van der Waals surface area contributed by atoms with Crippen LogP contribution in [0.3, 0.4) is 0 Å². The van der Waals surface area contributed by atoms with Crippen LogP contribution in [0, 0.1) is 0 Å². The second kappa shape index (κ2) is 8.85. The average molecular weight is 529 g/mol. The lowest BCUT2D eigenvalue weighted by molar-refractivity contribution is 0.0557. The molecular weight excluding hydrogens is 500 g/mol. The average Bonchev–Trinajstić information content (AvgIpc) is 3.34. The quantitative estimate of drug-likeness (QED) is 0.334. The van der Waals surface area contributed by atoms with Crippen LogP contribution in [0.1, 0.15) is 52.6 Å². The molecule has 6 heteroatoms. The Kier molecular flexibility index (Phi) is 5.63. The molecule has 0 radical (unpaired) electrons. The van der Waals surface area contributed by atoms with Gasteiger partial charge in [0.05, 0.1) is 0 Å². The largest absolute Gasteiger partial charge is 0.378 e. The van der Waals surface area contributed by atoms with Crippen LogP contribution in [0.5, 0.6) is 0 Å². The Morgan fingerprint density at radius 3 is 0.875 bits per heavy atom. The van der Waals surface area contributed by atoms with Crippen LogP contribution < -0.4 is 9.80 Å². The SMILES string of the molecule is CN(C)c1ccc(C2(C3(c4ccc(N(C)C)cc4)C(=O)c4ccccc4C3=O)C(=O)c3ccccc3C2=O)cc1. The molecule has 0 spiro atoms. The summed E-state index contributed by atoms with van der Waals surface area (Å²) < 4.78 is 0. The van der Waals surface area contributed by atoms with Crippen molar-refractivity contribution in [2.24, 2.45) is 0 Å². The molecule has 0 atom stereocenters. The van der Waals surface area contributed by atoms with E-state index >= 15 is 0 Å². The fraction of sp³-hybridized carbons (Fsp3) is 0.176. The van der Waals surface area contributed by atoms with E-state index in [2.05, 4.69) is 0 Å². The van der Waals surface area contributed by atoms with Gasteiger partial charge in [-0.3, -0.25) is 19.2 Å². The number of benzene rings is 4. The maximum atomic E-state index is 14.8. The zero-order valence-corrected chi connectivity index (χ0v) is 22.8. The molecule has 4 aromatic rings. The van der Waals surface area contributed by atoms with E-state index in [4.69, 9.17) is 0 Å². The maximum Gasteiger partial charge on any atom is 0.183 e. The summed E-state index contributed by atoms with van der Waals surface area (Å²) in [7, 11) is 7.56. The van der Waals surface area contributed by atoms with Gasteiger partial charge in [0.1, 0.15) is 10.8 Å². The Bertz CT molecular complexity index is 1520. The lowest BCUT2D eigenvalue weighted by Gasteiger charge is -2.42. The molecule has 0 unspecified atom stereocenters. The third-order valence-electron chi connectivity index (χ3n) is 8.39. The van der Waals surface area contributed by atoms with Crippen molar-refractivity contribution < 1.29 is 19.2 Å². The highest BCUT2D eigenvalue weighted by Crippen LogP contribution is 2.58. The van der Waals surface area contributed by atoms with Gasteiger partial charge >= 0.3 is 0 Å². The van der Waals surface area contributed by atoms with Crippen molar-refractivity contribution in [2.45, 2.75) is 10.8 Å². The van der Waals surface area contributed by atoms with Crippen LogP contribution in [0.15, 0.2) is 97.1 Å². The van der Waals surface area contributed by atoms with Gasteiger partial charge in [-0.05, 0) is 35.4 Å². The van der Waals surface area contributed by atoms with Crippen molar-refractivity contribution in [2.75, 3.05) is 38.0 Å². The Morgan fingerprint density at radius 1 is 0.400 bits per heavy atom. The van der Waals surface area contributed by atoms with Gasteiger partial charge in [0.25, 0.3) is 0 Å². The van der Waals surface area contributed by atoms with E-state index in [-0.39, 0.29) is 22.3 Å². The molecule has 0 N–H and O–H groups in total. The fourth-order valence-electron chi connectivity index (χ4n) is 6.43. The van der Waals surface area contributed by atoms with E-state index in [0.717, 1.165) is 11.4 Å². The summed E-state index contributed by atoms with van der Waals surface area (Å²) in [4.78, 5) is 63.0. The molecule has 0 heterocycles. The molecule has 0 saturated heterocycles. The molecular formula is C34H28N2O4. The second-order valence-corrected chi connectivity index (χ2v) is 10.8. The predicted molar refractivity (Wildman–Crippen MR) is 155 cm³/mol. The van der Waals surface area contributed by atoms with Crippen molar-refractivity contribution in [1.82, 2.24) is 0 Å². The van der Waals surface area contributed by atoms with Crippen LogP contribution in [-0.2, 0) is 10.8 Å².